The van der Waals surface area contributed by atoms with Crippen molar-refractivity contribution in [1.29, 1.82) is 5.41 Å². The summed E-state index contributed by atoms with van der Waals surface area (Å²) in [5.41, 5.74) is 11.7. The van der Waals surface area contributed by atoms with Crippen LogP contribution in [0, 0.1) is 5.41 Å². The van der Waals surface area contributed by atoms with E-state index in [2.05, 4.69) is 12.2 Å². The van der Waals surface area contributed by atoms with Crippen molar-refractivity contribution in [2.75, 3.05) is 0 Å². The van der Waals surface area contributed by atoms with E-state index in [1.165, 1.54) is 22.3 Å². The Morgan fingerprint density at radius 2 is 2.17 bits per heavy atom. The summed E-state index contributed by atoms with van der Waals surface area (Å²) < 4.78 is 0. The van der Waals surface area contributed by atoms with Crippen molar-refractivity contribution < 1.29 is 0 Å². The lowest BCUT2D eigenvalue weighted by Gasteiger charge is -2.04. The van der Waals surface area contributed by atoms with Crippen LogP contribution in [0.4, 0.5) is 0 Å². The van der Waals surface area contributed by atoms with Crippen LogP contribution in [0.1, 0.15) is 6.42 Å². The molecule has 0 saturated heterocycles. The van der Waals surface area contributed by atoms with Gasteiger partial charge in [0.15, 0.2) is 0 Å². The maximum atomic E-state index is 7.34. The molecule has 58 valence electrons. The van der Waals surface area contributed by atoms with Gasteiger partial charge in [-0.2, -0.15) is 0 Å². The van der Waals surface area contributed by atoms with Gasteiger partial charge in [0.05, 0.1) is 0 Å². The number of hydrogen-bond donors (Lipinski definition) is 2. The summed E-state index contributed by atoms with van der Waals surface area (Å²) in [6, 6.07) is 0. The summed E-state index contributed by atoms with van der Waals surface area (Å²) in [7, 11) is 0. The van der Waals surface area contributed by atoms with Crippen molar-refractivity contribution in [2.45, 2.75) is 6.42 Å². The van der Waals surface area contributed by atoms with Crippen LogP contribution in [-0.4, -0.2) is 5.84 Å². The molecule has 0 heterocycles. The average Bonchev–Trinajstić information content (AvgIpc) is 2.54. The van der Waals surface area contributed by atoms with Gasteiger partial charge in [-0.15, -0.1) is 0 Å². The van der Waals surface area contributed by atoms with Crippen LogP contribution in [0.5, 0.6) is 0 Å². The Labute approximate surface area is 70.3 Å². The van der Waals surface area contributed by atoms with Gasteiger partial charge in [-0.3, -0.25) is 5.41 Å². The van der Waals surface area contributed by atoms with Crippen LogP contribution >= 0.6 is 0 Å². The first-order chi connectivity index (χ1) is 5.77. The summed E-state index contributed by atoms with van der Waals surface area (Å²) in [5, 5.41) is 7.34. The third kappa shape index (κ3) is 0.537. The molecular weight excluding hydrogens is 148 g/mol. The Morgan fingerprint density at radius 1 is 1.33 bits per heavy atom. The highest BCUT2D eigenvalue weighted by molar-refractivity contribution is 6.04. The van der Waals surface area contributed by atoms with Crippen LogP contribution < -0.4 is 5.73 Å². The molecule has 0 unspecified atom stereocenters. The third-order valence-corrected chi connectivity index (χ3v) is 2.56. The van der Waals surface area contributed by atoms with E-state index in [0.717, 1.165) is 12.0 Å². The van der Waals surface area contributed by atoms with E-state index >= 15 is 0 Å². The summed E-state index contributed by atoms with van der Waals surface area (Å²) in [4.78, 5) is 0. The molecule has 0 fully saturated rings. The highest BCUT2D eigenvalue weighted by atomic mass is 14.7. The van der Waals surface area contributed by atoms with E-state index in [1.807, 2.05) is 6.08 Å². The molecule has 3 N–H and O–H groups in total. The molecule has 0 aromatic carbocycles. The minimum absolute atomic E-state index is 0.176. The molecular formula is C10H8N2. The second kappa shape index (κ2) is 1.61. The fourth-order valence-corrected chi connectivity index (χ4v) is 1.87. The predicted molar refractivity (Wildman–Crippen MR) is 47.8 cm³/mol. The molecule has 12 heavy (non-hydrogen) atoms. The molecule has 0 aliphatic heterocycles. The second-order valence-corrected chi connectivity index (χ2v) is 3.31. The number of allylic oxidation sites excluding steroid dienone is 6. The Bertz CT molecular complexity index is 431. The molecule has 0 saturated carbocycles. The van der Waals surface area contributed by atoms with Gasteiger partial charge in [0.2, 0.25) is 0 Å². The largest absolute Gasteiger partial charge is 0.384 e. The van der Waals surface area contributed by atoms with Crippen molar-refractivity contribution in [1.82, 2.24) is 0 Å². The Hall–Kier alpha value is -1.57. The average molecular weight is 156 g/mol. The molecule has 0 bridgehead atoms. The monoisotopic (exact) mass is 156 g/mol. The molecule has 2 nitrogen and oxygen atoms in total. The maximum absolute atomic E-state index is 7.34. The van der Waals surface area contributed by atoms with Crippen molar-refractivity contribution in [3.63, 3.8) is 0 Å². The van der Waals surface area contributed by atoms with Gasteiger partial charge < -0.3 is 5.73 Å². The number of nitrogens with two attached hydrogens (primary N) is 1. The normalized spacial score (nSPS) is 22.8. The van der Waals surface area contributed by atoms with Gasteiger partial charge >= 0.3 is 0 Å². The third-order valence-electron chi connectivity index (χ3n) is 2.56. The van der Waals surface area contributed by atoms with Crippen molar-refractivity contribution in [3.05, 3.63) is 46.1 Å². The van der Waals surface area contributed by atoms with Gasteiger partial charge in [-0.1, -0.05) is 12.2 Å². The number of fused-ring (bicyclic) bond motifs is 2. The van der Waals surface area contributed by atoms with Crippen molar-refractivity contribution >= 4 is 5.84 Å². The van der Waals surface area contributed by atoms with Crippen LogP contribution in [-0.2, 0) is 0 Å². The lowest BCUT2D eigenvalue weighted by Crippen LogP contribution is -2.13. The molecule has 0 spiro atoms. The van der Waals surface area contributed by atoms with E-state index in [4.69, 9.17) is 11.1 Å². The molecule has 0 radical (unpaired) electrons. The van der Waals surface area contributed by atoms with E-state index < -0.39 is 0 Å². The second-order valence-electron chi connectivity index (χ2n) is 3.31. The fourth-order valence-electron chi connectivity index (χ4n) is 1.87. The first kappa shape index (κ1) is 6.00. The number of nitrogens with one attached hydrogen (secondary N) is 1. The van der Waals surface area contributed by atoms with Gasteiger partial charge in [0.1, 0.15) is 5.84 Å². The van der Waals surface area contributed by atoms with E-state index in [9.17, 15) is 0 Å². The lowest BCUT2D eigenvalue weighted by atomic mass is 10.0. The highest BCUT2D eigenvalue weighted by Crippen LogP contribution is 2.51. The molecule has 0 atom stereocenters. The van der Waals surface area contributed by atoms with Crippen LogP contribution in [0.3, 0.4) is 0 Å². The predicted octanol–water partition coefficient (Wildman–Crippen LogP) is 1.43. The Morgan fingerprint density at radius 3 is 2.92 bits per heavy atom. The molecule has 3 aliphatic carbocycles. The van der Waals surface area contributed by atoms with Gasteiger partial charge in [-0.05, 0) is 34.8 Å². The number of hydrogen-bond acceptors (Lipinski definition) is 1. The summed E-state index contributed by atoms with van der Waals surface area (Å²) >= 11 is 0. The molecule has 3 aliphatic rings. The SMILES string of the molecule is N=C(N)C1=CC=C2C1=CC1=C2C1. The minimum Gasteiger partial charge on any atom is -0.384 e. The van der Waals surface area contributed by atoms with Crippen LogP contribution in [0.15, 0.2) is 46.1 Å². The minimum atomic E-state index is 0.176. The lowest BCUT2D eigenvalue weighted by molar-refractivity contribution is 1.36. The highest BCUT2D eigenvalue weighted by Gasteiger charge is 2.35. The number of rotatable bonds is 1. The van der Waals surface area contributed by atoms with Gasteiger partial charge in [-0.25, -0.2) is 0 Å². The summed E-state index contributed by atoms with van der Waals surface area (Å²) in [6.45, 7) is 0. The molecule has 2 heteroatoms. The summed E-state index contributed by atoms with van der Waals surface area (Å²) in [5.74, 6) is 0.176. The first-order valence-corrected chi connectivity index (χ1v) is 3.98. The summed E-state index contributed by atoms with van der Waals surface area (Å²) in [6.07, 6.45) is 7.30. The molecule has 0 amide bonds. The zero-order chi connectivity index (χ0) is 8.29. The van der Waals surface area contributed by atoms with Crippen molar-refractivity contribution in [2.24, 2.45) is 5.73 Å². The van der Waals surface area contributed by atoms with Crippen molar-refractivity contribution in [3.8, 4) is 0 Å². The molecule has 0 aromatic rings. The van der Waals surface area contributed by atoms with Gasteiger partial charge in [0, 0.05) is 5.57 Å². The zero-order valence-corrected chi connectivity index (χ0v) is 6.52. The van der Waals surface area contributed by atoms with E-state index in [-0.39, 0.29) is 5.84 Å². The smallest absolute Gasteiger partial charge is 0.123 e. The standard InChI is InChI=1S/C10H8N2/c11-10(12)7-2-1-6-8-3-5(8)4-9(6)7/h1-2,4H,3H2,(H3,11,12). The first-order valence-electron chi connectivity index (χ1n) is 3.98. The zero-order valence-electron chi connectivity index (χ0n) is 6.52. The maximum Gasteiger partial charge on any atom is 0.123 e. The van der Waals surface area contributed by atoms with E-state index in [0.29, 0.717) is 0 Å². The topological polar surface area (TPSA) is 49.9 Å². The Kier molecular flexibility index (Phi) is 0.803. The quantitative estimate of drug-likeness (QED) is 0.438. The number of amidine groups is 1. The fraction of sp³-hybridized carbons (Fsp3) is 0.100. The van der Waals surface area contributed by atoms with Crippen LogP contribution in [0.2, 0.25) is 0 Å². The molecule has 0 aromatic heterocycles. The van der Waals surface area contributed by atoms with Gasteiger partial charge in [0.25, 0.3) is 0 Å². The van der Waals surface area contributed by atoms with E-state index in [1.54, 1.807) is 0 Å². The molecule has 3 rings (SSSR count). The Balaban J connectivity index is 2.09. The van der Waals surface area contributed by atoms with Crippen LogP contribution in [0.25, 0.3) is 0 Å².